The molecule has 0 amide bonds. The molecule has 0 spiro atoms. The van der Waals surface area contributed by atoms with E-state index in [2.05, 4.69) is 24.4 Å². The number of rotatable bonds is 7. The Bertz CT molecular complexity index is 548. The highest BCUT2D eigenvalue weighted by Gasteiger charge is 2.10. The molecule has 108 valence electrons. The SMILES string of the molecule is CCCC(COC)NCc1c(O)ccc2ccccc12. The summed E-state index contributed by atoms with van der Waals surface area (Å²) >= 11 is 0. The second-order valence-corrected chi connectivity index (χ2v) is 5.11. The molecular weight excluding hydrogens is 250 g/mol. The van der Waals surface area contributed by atoms with Crippen LogP contribution in [0.5, 0.6) is 5.75 Å². The molecule has 3 heteroatoms. The highest BCUT2D eigenvalue weighted by atomic mass is 16.5. The van der Waals surface area contributed by atoms with E-state index in [-0.39, 0.29) is 0 Å². The van der Waals surface area contributed by atoms with E-state index in [1.807, 2.05) is 18.2 Å². The van der Waals surface area contributed by atoms with Crippen molar-refractivity contribution in [3.8, 4) is 5.75 Å². The van der Waals surface area contributed by atoms with Crippen LogP contribution in [0.2, 0.25) is 0 Å². The largest absolute Gasteiger partial charge is 0.508 e. The Morgan fingerprint density at radius 3 is 2.75 bits per heavy atom. The highest BCUT2D eigenvalue weighted by molar-refractivity contribution is 5.87. The van der Waals surface area contributed by atoms with Gasteiger partial charge in [0, 0.05) is 25.3 Å². The zero-order valence-electron chi connectivity index (χ0n) is 12.2. The van der Waals surface area contributed by atoms with E-state index in [1.54, 1.807) is 13.2 Å². The zero-order chi connectivity index (χ0) is 14.4. The van der Waals surface area contributed by atoms with Crippen molar-refractivity contribution in [3.63, 3.8) is 0 Å². The summed E-state index contributed by atoms with van der Waals surface area (Å²) in [5.74, 6) is 0.351. The van der Waals surface area contributed by atoms with Gasteiger partial charge >= 0.3 is 0 Å². The number of phenols is 1. The topological polar surface area (TPSA) is 41.5 Å². The molecule has 0 fully saturated rings. The summed E-state index contributed by atoms with van der Waals surface area (Å²) in [6, 6.07) is 12.2. The van der Waals surface area contributed by atoms with Crippen molar-refractivity contribution < 1.29 is 9.84 Å². The van der Waals surface area contributed by atoms with Gasteiger partial charge in [0.15, 0.2) is 0 Å². The number of hydrogen-bond donors (Lipinski definition) is 2. The number of ether oxygens (including phenoxy) is 1. The molecule has 0 aliphatic carbocycles. The third-order valence-corrected chi connectivity index (χ3v) is 3.59. The van der Waals surface area contributed by atoms with Gasteiger partial charge in [0.05, 0.1) is 6.61 Å². The number of methoxy groups -OCH3 is 1. The number of hydrogen-bond acceptors (Lipinski definition) is 3. The van der Waals surface area contributed by atoms with Crippen LogP contribution in [-0.2, 0) is 11.3 Å². The predicted molar refractivity (Wildman–Crippen MR) is 83.0 cm³/mol. The molecule has 2 aromatic rings. The number of nitrogens with one attached hydrogen (secondary N) is 1. The van der Waals surface area contributed by atoms with E-state index in [9.17, 15) is 5.11 Å². The van der Waals surface area contributed by atoms with Crippen molar-refractivity contribution >= 4 is 10.8 Å². The molecule has 1 atom stereocenters. The van der Waals surface area contributed by atoms with Crippen LogP contribution in [0.1, 0.15) is 25.3 Å². The lowest BCUT2D eigenvalue weighted by atomic mass is 10.0. The van der Waals surface area contributed by atoms with Gasteiger partial charge in [-0.2, -0.15) is 0 Å². The first-order valence-electron chi connectivity index (χ1n) is 7.18. The van der Waals surface area contributed by atoms with E-state index in [0.717, 1.165) is 29.2 Å². The maximum absolute atomic E-state index is 10.1. The molecule has 2 rings (SSSR count). The molecule has 1 unspecified atom stereocenters. The summed E-state index contributed by atoms with van der Waals surface area (Å²) in [6.07, 6.45) is 2.18. The minimum absolute atomic E-state index is 0.323. The second kappa shape index (κ2) is 7.27. The van der Waals surface area contributed by atoms with Crippen LogP contribution in [0, 0.1) is 0 Å². The van der Waals surface area contributed by atoms with Crippen LogP contribution >= 0.6 is 0 Å². The summed E-state index contributed by atoms with van der Waals surface area (Å²) < 4.78 is 5.24. The van der Waals surface area contributed by atoms with Crippen molar-refractivity contribution in [3.05, 3.63) is 42.0 Å². The third-order valence-electron chi connectivity index (χ3n) is 3.59. The Morgan fingerprint density at radius 2 is 2.00 bits per heavy atom. The molecule has 2 aromatic carbocycles. The zero-order valence-corrected chi connectivity index (χ0v) is 12.2. The van der Waals surface area contributed by atoms with Crippen molar-refractivity contribution in [2.75, 3.05) is 13.7 Å². The Morgan fingerprint density at radius 1 is 1.20 bits per heavy atom. The molecule has 0 aliphatic rings. The quantitative estimate of drug-likeness (QED) is 0.812. The fraction of sp³-hybridized carbons (Fsp3) is 0.412. The highest BCUT2D eigenvalue weighted by Crippen LogP contribution is 2.27. The molecule has 3 nitrogen and oxygen atoms in total. The van der Waals surface area contributed by atoms with Gasteiger partial charge in [-0.1, -0.05) is 43.7 Å². The van der Waals surface area contributed by atoms with Crippen LogP contribution in [0.3, 0.4) is 0 Å². The summed E-state index contributed by atoms with van der Waals surface area (Å²) in [5, 5.41) is 15.9. The normalized spacial score (nSPS) is 12.7. The van der Waals surface area contributed by atoms with Gasteiger partial charge in [0.2, 0.25) is 0 Å². The third kappa shape index (κ3) is 3.50. The van der Waals surface area contributed by atoms with E-state index in [1.165, 1.54) is 0 Å². The maximum atomic E-state index is 10.1. The predicted octanol–water partition coefficient (Wildman–Crippen LogP) is 3.45. The smallest absolute Gasteiger partial charge is 0.120 e. The fourth-order valence-electron chi connectivity index (χ4n) is 2.55. The number of benzene rings is 2. The first-order valence-corrected chi connectivity index (χ1v) is 7.18. The molecule has 0 aromatic heterocycles. The van der Waals surface area contributed by atoms with Gasteiger partial charge in [0.1, 0.15) is 5.75 Å². The van der Waals surface area contributed by atoms with E-state index in [4.69, 9.17) is 4.74 Å². The van der Waals surface area contributed by atoms with Gasteiger partial charge < -0.3 is 15.2 Å². The minimum Gasteiger partial charge on any atom is -0.508 e. The molecule has 0 saturated carbocycles. The van der Waals surface area contributed by atoms with Crippen molar-refractivity contribution in [1.29, 1.82) is 0 Å². The van der Waals surface area contributed by atoms with Crippen molar-refractivity contribution in [2.24, 2.45) is 0 Å². The van der Waals surface area contributed by atoms with Gasteiger partial charge in [-0.15, -0.1) is 0 Å². The summed E-state index contributed by atoms with van der Waals surface area (Å²) in [5.41, 5.74) is 0.959. The molecule has 0 heterocycles. The van der Waals surface area contributed by atoms with Crippen LogP contribution in [-0.4, -0.2) is 24.9 Å². The average molecular weight is 273 g/mol. The summed E-state index contributed by atoms with van der Waals surface area (Å²) in [4.78, 5) is 0. The standard InChI is InChI=1S/C17H23NO2/c1-3-6-14(12-20-2)18-11-16-15-8-5-4-7-13(15)9-10-17(16)19/h4-5,7-10,14,18-19H,3,6,11-12H2,1-2H3. The molecular formula is C17H23NO2. The monoisotopic (exact) mass is 273 g/mol. The molecule has 0 saturated heterocycles. The van der Waals surface area contributed by atoms with Crippen LogP contribution < -0.4 is 5.32 Å². The molecule has 0 radical (unpaired) electrons. The fourth-order valence-corrected chi connectivity index (χ4v) is 2.55. The van der Waals surface area contributed by atoms with Crippen molar-refractivity contribution in [2.45, 2.75) is 32.4 Å². The van der Waals surface area contributed by atoms with Gasteiger partial charge in [-0.3, -0.25) is 0 Å². The lowest BCUT2D eigenvalue weighted by Gasteiger charge is -2.18. The first-order chi connectivity index (χ1) is 9.76. The number of aromatic hydroxyl groups is 1. The first kappa shape index (κ1) is 14.8. The molecule has 0 bridgehead atoms. The summed E-state index contributed by atoms with van der Waals surface area (Å²) in [7, 11) is 1.72. The lowest BCUT2D eigenvalue weighted by Crippen LogP contribution is -2.32. The number of fused-ring (bicyclic) bond motifs is 1. The van der Waals surface area contributed by atoms with Crippen LogP contribution in [0.25, 0.3) is 10.8 Å². The molecule has 0 aliphatic heterocycles. The molecule has 2 N–H and O–H groups in total. The summed E-state index contributed by atoms with van der Waals surface area (Å²) in [6.45, 7) is 3.51. The minimum atomic E-state index is 0.323. The average Bonchev–Trinajstić information content (AvgIpc) is 2.46. The lowest BCUT2D eigenvalue weighted by molar-refractivity contribution is 0.161. The van der Waals surface area contributed by atoms with Crippen molar-refractivity contribution in [1.82, 2.24) is 5.32 Å². The van der Waals surface area contributed by atoms with E-state index in [0.29, 0.717) is 24.9 Å². The second-order valence-electron chi connectivity index (χ2n) is 5.11. The van der Waals surface area contributed by atoms with E-state index >= 15 is 0 Å². The van der Waals surface area contributed by atoms with E-state index < -0.39 is 0 Å². The van der Waals surface area contributed by atoms with Crippen LogP contribution in [0.15, 0.2) is 36.4 Å². The Kier molecular flexibility index (Phi) is 5.39. The maximum Gasteiger partial charge on any atom is 0.120 e. The Labute approximate surface area is 120 Å². The van der Waals surface area contributed by atoms with Gasteiger partial charge in [-0.05, 0) is 23.3 Å². The van der Waals surface area contributed by atoms with Gasteiger partial charge in [0.25, 0.3) is 0 Å². The number of phenolic OH excluding ortho intramolecular Hbond substituents is 1. The Balaban J connectivity index is 2.18. The Hall–Kier alpha value is -1.58. The molecule has 20 heavy (non-hydrogen) atoms. The van der Waals surface area contributed by atoms with Gasteiger partial charge in [-0.25, -0.2) is 0 Å². The van der Waals surface area contributed by atoms with Crippen LogP contribution in [0.4, 0.5) is 0 Å².